The Bertz CT molecular complexity index is 731. The van der Waals surface area contributed by atoms with Crippen molar-refractivity contribution in [1.82, 2.24) is 25.2 Å². The Kier molecular flexibility index (Phi) is 5.06. The van der Waals surface area contributed by atoms with E-state index in [-0.39, 0.29) is 11.8 Å². The van der Waals surface area contributed by atoms with Crippen molar-refractivity contribution in [3.63, 3.8) is 0 Å². The number of carbonyl (C=O) groups excluding carboxylic acids is 1. The van der Waals surface area contributed by atoms with Gasteiger partial charge in [0.05, 0.1) is 6.54 Å². The van der Waals surface area contributed by atoms with E-state index in [9.17, 15) is 4.79 Å². The summed E-state index contributed by atoms with van der Waals surface area (Å²) in [5.41, 5.74) is 0.913. The maximum absolute atomic E-state index is 12.0. The van der Waals surface area contributed by atoms with Crippen molar-refractivity contribution in [2.45, 2.75) is 26.2 Å². The summed E-state index contributed by atoms with van der Waals surface area (Å²) in [4.78, 5) is 28.6. The van der Waals surface area contributed by atoms with Gasteiger partial charge in [0.15, 0.2) is 5.13 Å². The maximum atomic E-state index is 12.0. The lowest BCUT2D eigenvalue weighted by atomic mass is 10.1. The molecule has 0 aliphatic carbocycles. The molecule has 0 aromatic carbocycles. The molecule has 1 unspecified atom stereocenters. The molecule has 128 valence electrons. The van der Waals surface area contributed by atoms with Crippen LogP contribution >= 0.6 is 11.3 Å². The van der Waals surface area contributed by atoms with Crippen LogP contribution in [0.5, 0.6) is 0 Å². The highest BCUT2D eigenvalue weighted by atomic mass is 32.1. The van der Waals surface area contributed by atoms with Crippen molar-refractivity contribution in [3.05, 3.63) is 28.7 Å². The fourth-order valence-corrected chi connectivity index (χ4v) is 3.49. The lowest BCUT2D eigenvalue weighted by Gasteiger charge is -2.16. The van der Waals surface area contributed by atoms with E-state index in [1.54, 1.807) is 18.4 Å². The molecule has 0 saturated carbocycles. The molecule has 0 bridgehead atoms. The standard InChI is InChI=1S/C16H22N6OS/c1-10-6-13(21-16-18-7-11(2)24-16)20-15(19-10)12-4-5-22(9-12)14(23)8-17-3/h6-7,12,17H,4-5,8-9H2,1-3H3,(H,18,19,20,21). The average molecular weight is 346 g/mol. The van der Waals surface area contributed by atoms with E-state index < -0.39 is 0 Å². The molecule has 0 spiro atoms. The van der Waals surface area contributed by atoms with Gasteiger partial charge in [-0.25, -0.2) is 15.0 Å². The summed E-state index contributed by atoms with van der Waals surface area (Å²) >= 11 is 1.59. The van der Waals surface area contributed by atoms with Gasteiger partial charge in [0, 0.05) is 41.8 Å². The molecule has 2 aromatic heterocycles. The largest absolute Gasteiger partial charge is 0.341 e. The van der Waals surface area contributed by atoms with Gasteiger partial charge in [0.2, 0.25) is 5.91 Å². The van der Waals surface area contributed by atoms with E-state index in [2.05, 4.69) is 25.6 Å². The first-order chi connectivity index (χ1) is 11.5. The van der Waals surface area contributed by atoms with Gasteiger partial charge in [-0.05, 0) is 27.3 Å². The van der Waals surface area contributed by atoms with Crippen LogP contribution in [0.25, 0.3) is 0 Å². The Labute approximate surface area is 145 Å². The summed E-state index contributed by atoms with van der Waals surface area (Å²) < 4.78 is 0. The second kappa shape index (κ2) is 7.23. The van der Waals surface area contributed by atoms with E-state index in [1.165, 1.54) is 0 Å². The molecule has 1 amide bonds. The van der Waals surface area contributed by atoms with Crippen LogP contribution in [0.4, 0.5) is 10.9 Å². The number of likely N-dealkylation sites (tertiary alicyclic amines) is 1. The minimum Gasteiger partial charge on any atom is -0.341 e. The van der Waals surface area contributed by atoms with E-state index in [1.807, 2.05) is 31.0 Å². The van der Waals surface area contributed by atoms with Crippen molar-refractivity contribution in [1.29, 1.82) is 0 Å². The zero-order valence-corrected chi connectivity index (χ0v) is 15.0. The van der Waals surface area contributed by atoms with Crippen LogP contribution in [0.3, 0.4) is 0 Å². The summed E-state index contributed by atoms with van der Waals surface area (Å²) in [6, 6.07) is 1.92. The third-order valence-corrected chi connectivity index (χ3v) is 4.79. The van der Waals surface area contributed by atoms with Crippen molar-refractivity contribution in [2.75, 3.05) is 32.0 Å². The highest BCUT2D eigenvalue weighted by Gasteiger charge is 2.29. The quantitative estimate of drug-likeness (QED) is 0.859. The third-order valence-electron chi connectivity index (χ3n) is 3.96. The first kappa shape index (κ1) is 16.8. The van der Waals surface area contributed by atoms with E-state index >= 15 is 0 Å². The monoisotopic (exact) mass is 346 g/mol. The molecule has 2 N–H and O–H groups in total. The Morgan fingerprint density at radius 2 is 2.25 bits per heavy atom. The Morgan fingerprint density at radius 1 is 1.42 bits per heavy atom. The van der Waals surface area contributed by atoms with Crippen LogP contribution in [-0.4, -0.2) is 52.4 Å². The van der Waals surface area contributed by atoms with Crippen LogP contribution < -0.4 is 10.6 Å². The van der Waals surface area contributed by atoms with Crippen LogP contribution in [0.15, 0.2) is 12.3 Å². The summed E-state index contributed by atoms with van der Waals surface area (Å²) in [5.74, 6) is 1.87. The molecule has 2 aromatic rings. The van der Waals surface area contributed by atoms with Gasteiger partial charge in [-0.2, -0.15) is 0 Å². The molecule has 1 aliphatic rings. The number of aryl methyl sites for hydroxylation is 2. The first-order valence-corrected chi connectivity index (χ1v) is 8.84. The molecule has 1 atom stereocenters. The molecule has 3 rings (SSSR count). The van der Waals surface area contributed by atoms with E-state index in [0.29, 0.717) is 13.1 Å². The average Bonchev–Trinajstić information content (AvgIpc) is 3.16. The maximum Gasteiger partial charge on any atom is 0.236 e. The van der Waals surface area contributed by atoms with Crippen molar-refractivity contribution in [2.24, 2.45) is 0 Å². The number of nitrogens with zero attached hydrogens (tertiary/aromatic N) is 4. The molecule has 8 heteroatoms. The normalized spacial score (nSPS) is 17.3. The minimum absolute atomic E-state index is 0.129. The predicted molar refractivity (Wildman–Crippen MR) is 94.8 cm³/mol. The third kappa shape index (κ3) is 3.88. The van der Waals surface area contributed by atoms with Crippen molar-refractivity contribution < 1.29 is 4.79 Å². The highest BCUT2D eigenvalue weighted by molar-refractivity contribution is 7.15. The first-order valence-electron chi connectivity index (χ1n) is 8.02. The number of hydrogen-bond donors (Lipinski definition) is 2. The fraction of sp³-hybridized carbons (Fsp3) is 0.500. The van der Waals surface area contributed by atoms with Gasteiger partial charge in [-0.1, -0.05) is 0 Å². The number of hydrogen-bond acceptors (Lipinski definition) is 7. The lowest BCUT2D eigenvalue weighted by molar-refractivity contribution is -0.129. The summed E-state index contributed by atoms with van der Waals surface area (Å²) in [6.07, 6.45) is 2.74. The summed E-state index contributed by atoms with van der Waals surface area (Å²) in [7, 11) is 1.79. The van der Waals surface area contributed by atoms with Crippen LogP contribution in [0.1, 0.15) is 28.7 Å². The van der Waals surface area contributed by atoms with Crippen molar-refractivity contribution >= 4 is 28.2 Å². The second-order valence-corrected chi connectivity index (χ2v) is 7.24. The van der Waals surface area contributed by atoms with Gasteiger partial charge >= 0.3 is 0 Å². The number of anilines is 2. The molecule has 1 aliphatic heterocycles. The zero-order chi connectivity index (χ0) is 17.1. The summed E-state index contributed by atoms with van der Waals surface area (Å²) in [5, 5.41) is 6.99. The molecule has 1 saturated heterocycles. The van der Waals surface area contributed by atoms with Gasteiger partial charge < -0.3 is 15.5 Å². The number of rotatable bonds is 5. The molecule has 24 heavy (non-hydrogen) atoms. The highest BCUT2D eigenvalue weighted by Crippen LogP contribution is 2.27. The molecule has 3 heterocycles. The lowest BCUT2D eigenvalue weighted by Crippen LogP contribution is -2.35. The van der Waals surface area contributed by atoms with Crippen LogP contribution in [0, 0.1) is 13.8 Å². The number of carbonyl (C=O) groups is 1. The van der Waals surface area contributed by atoms with Gasteiger partial charge in [-0.15, -0.1) is 11.3 Å². The fourth-order valence-electron chi connectivity index (χ4n) is 2.82. The molecule has 1 fully saturated rings. The Morgan fingerprint density at radius 3 is 2.96 bits per heavy atom. The van der Waals surface area contributed by atoms with Crippen LogP contribution in [-0.2, 0) is 4.79 Å². The number of thiazole rings is 1. The van der Waals surface area contributed by atoms with Crippen LogP contribution in [0.2, 0.25) is 0 Å². The van der Waals surface area contributed by atoms with E-state index in [0.717, 1.165) is 40.3 Å². The summed E-state index contributed by atoms with van der Waals surface area (Å²) in [6.45, 7) is 5.80. The van der Waals surface area contributed by atoms with Gasteiger partial charge in [0.1, 0.15) is 11.6 Å². The van der Waals surface area contributed by atoms with Gasteiger partial charge in [-0.3, -0.25) is 4.79 Å². The number of aromatic nitrogens is 3. The zero-order valence-electron chi connectivity index (χ0n) is 14.2. The number of nitrogens with one attached hydrogen (secondary N) is 2. The smallest absolute Gasteiger partial charge is 0.236 e. The molecular formula is C16H22N6OS. The Hall–Kier alpha value is -2.06. The SMILES string of the molecule is CNCC(=O)N1CCC(c2nc(C)cc(Nc3ncc(C)s3)n2)C1. The van der Waals surface area contributed by atoms with E-state index in [4.69, 9.17) is 0 Å². The molecule has 7 nitrogen and oxygen atoms in total. The van der Waals surface area contributed by atoms with Gasteiger partial charge in [0.25, 0.3) is 0 Å². The topological polar surface area (TPSA) is 83.0 Å². The molecule has 0 radical (unpaired) electrons. The number of likely N-dealkylation sites (N-methyl/N-ethyl adjacent to an activating group) is 1. The second-order valence-electron chi connectivity index (χ2n) is 6.01. The number of amides is 1. The minimum atomic E-state index is 0.129. The molecular weight excluding hydrogens is 324 g/mol. The predicted octanol–water partition coefficient (Wildman–Crippen LogP) is 1.83. The van der Waals surface area contributed by atoms with Crippen molar-refractivity contribution in [3.8, 4) is 0 Å². The Balaban J connectivity index is 1.73.